The van der Waals surface area contributed by atoms with E-state index in [9.17, 15) is 4.79 Å². The smallest absolute Gasteiger partial charge is 0.224 e. The van der Waals surface area contributed by atoms with Crippen molar-refractivity contribution in [2.45, 2.75) is 26.2 Å². The first kappa shape index (κ1) is 10.8. The van der Waals surface area contributed by atoms with Gasteiger partial charge in [0.05, 0.1) is 6.42 Å². The Morgan fingerprint density at radius 2 is 2.14 bits per heavy atom. The highest BCUT2D eigenvalue weighted by Crippen LogP contribution is 2.15. The molecule has 1 N–H and O–H groups in total. The number of nitrogens with one attached hydrogen (secondary N) is 1. The fraction of sp³-hybridized carbons (Fsp3) is 0.417. The van der Waals surface area contributed by atoms with E-state index in [1.807, 2.05) is 12.1 Å². The first-order valence-electron chi connectivity index (χ1n) is 4.93. The van der Waals surface area contributed by atoms with E-state index in [2.05, 4.69) is 31.3 Å². The van der Waals surface area contributed by atoms with Gasteiger partial charge in [-0.1, -0.05) is 38.1 Å². The summed E-state index contributed by atoms with van der Waals surface area (Å²) >= 11 is 0. The molecule has 0 aromatic heterocycles. The Kier molecular flexibility index (Phi) is 3.69. The monoisotopic (exact) mass is 191 g/mol. The highest BCUT2D eigenvalue weighted by molar-refractivity contribution is 5.78. The number of carbonyl (C=O) groups excluding carboxylic acids is 1. The van der Waals surface area contributed by atoms with E-state index in [-0.39, 0.29) is 5.91 Å². The standard InChI is InChI=1S/C12H17NO/c1-9(2)11-6-4-5-10(7-11)8-12(14)13-3/h4-7,9H,8H2,1-3H3,(H,13,14). The molecule has 0 bridgehead atoms. The third kappa shape index (κ3) is 2.87. The Bertz CT molecular complexity index is 318. The molecule has 2 nitrogen and oxygen atoms in total. The Labute approximate surface area is 85.3 Å². The van der Waals surface area contributed by atoms with Gasteiger partial charge in [-0.3, -0.25) is 4.79 Å². The van der Waals surface area contributed by atoms with Gasteiger partial charge in [0.2, 0.25) is 5.91 Å². The lowest BCUT2D eigenvalue weighted by Crippen LogP contribution is -2.19. The first-order valence-corrected chi connectivity index (χ1v) is 4.93. The quantitative estimate of drug-likeness (QED) is 0.778. The molecule has 0 radical (unpaired) electrons. The van der Waals surface area contributed by atoms with Gasteiger partial charge in [-0.25, -0.2) is 0 Å². The average molecular weight is 191 g/mol. The molecule has 1 rings (SSSR count). The fourth-order valence-corrected chi connectivity index (χ4v) is 1.34. The molecule has 0 saturated carbocycles. The molecule has 0 aliphatic carbocycles. The van der Waals surface area contributed by atoms with Crippen LogP contribution in [0.3, 0.4) is 0 Å². The van der Waals surface area contributed by atoms with Gasteiger partial charge in [0.1, 0.15) is 0 Å². The molecule has 76 valence electrons. The van der Waals surface area contributed by atoms with Crippen molar-refractivity contribution in [1.29, 1.82) is 0 Å². The van der Waals surface area contributed by atoms with E-state index < -0.39 is 0 Å². The lowest BCUT2D eigenvalue weighted by atomic mass is 10.00. The molecule has 0 fully saturated rings. The minimum Gasteiger partial charge on any atom is -0.359 e. The molecule has 0 spiro atoms. The minimum absolute atomic E-state index is 0.0610. The van der Waals surface area contributed by atoms with Crippen molar-refractivity contribution >= 4 is 5.91 Å². The zero-order valence-electron chi connectivity index (χ0n) is 9.00. The van der Waals surface area contributed by atoms with Gasteiger partial charge in [-0.05, 0) is 17.0 Å². The van der Waals surface area contributed by atoms with Crippen molar-refractivity contribution in [2.24, 2.45) is 0 Å². The van der Waals surface area contributed by atoms with Crippen molar-refractivity contribution in [3.05, 3.63) is 35.4 Å². The Hall–Kier alpha value is -1.31. The summed E-state index contributed by atoms with van der Waals surface area (Å²) in [5.41, 5.74) is 2.36. The van der Waals surface area contributed by atoms with Crippen molar-refractivity contribution < 1.29 is 4.79 Å². The van der Waals surface area contributed by atoms with E-state index in [0.29, 0.717) is 12.3 Å². The maximum Gasteiger partial charge on any atom is 0.224 e. The summed E-state index contributed by atoms with van der Waals surface area (Å²) in [4.78, 5) is 11.2. The van der Waals surface area contributed by atoms with Crippen LogP contribution in [-0.4, -0.2) is 13.0 Å². The number of likely N-dealkylation sites (N-methyl/N-ethyl adjacent to an activating group) is 1. The topological polar surface area (TPSA) is 29.1 Å². The van der Waals surface area contributed by atoms with Gasteiger partial charge in [0, 0.05) is 7.05 Å². The van der Waals surface area contributed by atoms with Crippen LogP contribution in [0.15, 0.2) is 24.3 Å². The van der Waals surface area contributed by atoms with E-state index in [4.69, 9.17) is 0 Å². The van der Waals surface area contributed by atoms with E-state index in [0.717, 1.165) is 5.56 Å². The van der Waals surface area contributed by atoms with Gasteiger partial charge in [-0.2, -0.15) is 0 Å². The summed E-state index contributed by atoms with van der Waals surface area (Å²) in [6, 6.07) is 8.19. The van der Waals surface area contributed by atoms with Crippen LogP contribution in [0.25, 0.3) is 0 Å². The largest absolute Gasteiger partial charge is 0.359 e. The predicted octanol–water partition coefficient (Wildman–Crippen LogP) is 2.10. The highest BCUT2D eigenvalue weighted by Gasteiger charge is 2.03. The van der Waals surface area contributed by atoms with Crippen molar-refractivity contribution in [1.82, 2.24) is 5.32 Å². The van der Waals surface area contributed by atoms with Crippen LogP contribution in [0.5, 0.6) is 0 Å². The van der Waals surface area contributed by atoms with E-state index >= 15 is 0 Å². The van der Waals surface area contributed by atoms with Crippen molar-refractivity contribution in [3.63, 3.8) is 0 Å². The van der Waals surface area contributed by atoms with Crippen molar-refractivity contribution in [2.75, 3.05) is 7.05 Å². The minimum atomic E-state index is 0.0610. The van der Waals surface area contributed by atoms with Crippen LogP contribution in [0.4, 0.5) is 0 Å². The number of amides is 1. The van der Waals surface area contributed by atoms with Gasteiger partial charge >= 0.3 is 0 Å². The summed E-state index contributed by atoms with van der Waals surface area (Å²) in [5.74, 6) is 0.575. The molecule has 0 heterocycles. The molecule has 0 aliphatic rings. The number of hydrogen-bond donors (Lipinski definition) is 1. The maximum absolute atomic E-state index is 11.2. The zero-order chi connectivity index (χ0) is 10.6. The third-order valence-electron chi connectivity index (χ3n) is 2.26. The maximum atomic E-state index is 11.2. The van der Waals surface area contributed by atoms with Crippen LogP contribution in [-0.2, 0) is 11.2 Å². The highest BCUT2D eigenvalue weighted by atomic mass is 16.1. The summed E-state index contributed by atoms with van der Waals surface area (Å²) in [6.07, 6.45) is 0.469. The van der Waals surface area contributed by atoms with Gasteiger partial charge < -0.3 is 5.32 Å². The van der Waals surface area contributed by atoms with Gasteiger partial charge in [0.15, 0.2) is 0 Å². The predicted molar refractivity (Wildman–Crippen MR) is 58.3 cm³/mol. The molecular weight excluding hydrogens is 174 g/mol. The Balaban J connectivity index is 2.78. The number of carbonyl (C=O) groups is 1. The van der Waals surface area contributed by atoms with Gasteiger partial charge in [-0.15, -0.1) is 0 Å². The SMILES string of the molecule is CNC(=O)Cc1cccc(C(C)C)c1. The molecule has 1 aromatic rings. The Morgan fingerprint density at radius 1 is 1.43 bits per heavy atom. The Morgan fingerprint density at radius 3 is 2.71 bits per heavy atom. The second-order valence-corrected chi connectivity index (χ2v) is 3.75. The molecule has 2 heteroatoms. The van der Waals surface area contributed by atoms with Crippen LogP contribution in [0.1, 0.15) is 30.9 Å². The molecule has 1 amide bonds. The second kappa shape index (κ2) is 4.80. The molecule has 0 atom stereocenters. The van der Waals surface area contributed by atoms with Crippen LogP contribution >= 0.6 is 0 Å². The van der Waals surface area contributed by atoms with E-state index in [1.165, 1.54) is 5.56 Å². The fourth-order valence-electron chi connectivity index (χ4n) is 1.34. The summed E-state index contributed by atoms with van der Waals surface area (Å²) < 4.78 is 0. The summed E-state index contributed by atoms with van der Waals surface area (Å²) in [5, 5.41) is 2.62. The molecule has 0 saturated heterocycles. The zero-order valence-corrected chi connectivity index (χ0v) is 9.00. The van der Waals surface area contributed by atoms with Gasteiger partial charge in [0.25, 0.3) is 0 Å². The molecule has 0 unspecified atom stereocenters. The summed E-state index contributed by atoms with van der Waals surface area (Å²) in [6.45, 7) is 4.30. The van der Waals surface area contributed by atoms with Crippen LogP contribution in [0, 0.1) is 0 Å². The number of benzene rings is 1. The van der Waals surface area contributed by atoms with Crippen LogP contribution in [0.2, 0.25) is 0 Å². The molecule has 14 heavy (non-hydrogen) atoms. The number of rotatable bonds is 3. The van der Waals surface area contributed by atoms with Crippen LogP contribution < -0.4 is 5.32 Å². The average Bonchev–Trinajstić information content (AvgIpc) is 2.18. The molecule has 0 aliphatic heterocycles. The summed E-state index contributed by atoms with van der Waals surface area (Å²) in [7, 11) is 1.66. The third-order valence-corrected chi connectivity index (χ3v) is 2.26. The normalized spacial score (nSPS) is 10.3. The second-order valence-electron chi connectivity index (χ2n) is 3.75. The number of hydrogen-bond acceptors (Lipinski definition) is 1. The lowest BCUT2D eigenvalue weighted by Gasteiger charge is -2.07. The van der Waals surface area contributed by atoms with E-state index in [1.54, 1.807) is 7.05 Å². The first-order chi connectivity index (χ1) is 6.63. The molecular formula is C12H17NO. The lowest BCUT2D eigenvalue weighted by molar-refractivity contribution is -0.119. The van der Waals surface area contributed by atoms with Crippen molar-refractivity contribution in [3.8, 4) is 0 Å². The molecule has 1 aromatic carbocycles.